The summed E-state index contributed by atoms with van der Waals surface area (Å²) in [6, 6.07) is 8.58. The zero-order chi connectivity index (χ0) is 17.1. The Morgan fingerprint density at radius 1 is 1.21 bits per heavy atom. The van der Waals surface area contributed by atoms with Crippen LogP contribution in [-0.4, -0.2) is 15.5 Å². The first-order valence-corrected chi connectivity index (χ1v) is 7.83. The van der Waals surface area contributed by atoms with Crippen LogP contribution in [0.5, 0.6) is 0 Å². The van der Waals surface area contributed by atoms with Crippen molar-refractivity contribution in [3.05, 3.63) is 82.4 Å². The van der Waals surface area contributed by atoms with Crippen LogP contribution in [0.1, 0.15) is 15.9 Å². The molecule has 0 unspecified atom stereocenters. The van der Waals surface area contributed by atoms with Gasteiger partial charge < -0.3 is 9.88 Å². The monoisotopic (exact) mass is 391 g/mol. The van der Waals surface area contributed by atoms with Crippen molar-refractivity contribution >= 4 is 21.8 Å². The van der Waals surface area contributed by atoms with Gasteiger partial charge in [0.1, 0.15) is 11.6 Å². The summed E-state index contributed by atoms with van der Waals surface area (Å²) in [5.41, 5.74) is 1.16. The van der Waals surface area contributed by atoms with Gasteiger partial charge in [0, 0.05) is 29.0 Å². The highest BCUT2D eigenvalue weighted by molar-refractivity contribution is 9.10. The maximum absolute atomic E-state index is 14.1. The second-order valence-electron chi connectivity index (χ2n) is 5.10. The molecule has 1 aromatic heterocycles. The smallest absolute Gasteiger partial charge is 0.251 e. The van der Waals surface area contributed by atoms with Crippen molar-refractivity contribution in [1.29, 1.82) is 0 Å². The summed E-state index contributed by atoms with van der Waals surface area (Å²) >= 11 is 3.14. The summed E-state index contributed by atoms with van der Waals surface area (Å²) in [6.45, 7) is 0.133. The molecule has 0 spiro atoms. The van der Waals surface area contributed by atoms with Gasteiger partial charge in [-0.3, -0.25) is 4.79 Å². The van der Waals surface area contributed by atoms with Gasteiger partial charge in [0.2, 0.25) is 0 Å². The summed E-state index contributed by atoms with van der Waals surface area (Å²) in [7, 11) is 0. The molecule has 0 atom stereocenters. The number of nitrogens with zero attached hydrogens (tertiary/aromatic N) is 2. The maximum atomic E-state index is 14.1. The Hall–Kier alpha value is -2.54. The molecule has 7 heteroatoms. The molecule has 0 aliphatic carbocycles. The van der Waals surface area contributed by atoms with Crippen LogP contribution < -0.4 is 5.32 Å². The first-order valence-electron chi connectivity index (χ1n) is 7.04. The fourth-order valence-corrected chi connectivity index (χ4v) is 2.71. The molecule has 0 aliphatic heterocycles. The minimum Gasteiger partial charge on any atom is -0.348 e. The molecule has 122 valence electrons. The van der Waals surface area contributed by atoms with Crippen LogP contribution in [0.25, 0.3) is 5.69 Å². The van der Waals surface area contributed by atoms with Gasteiger partial charge in [-0.15, -0.1) is 0 Å². The molecular weight excluding hydrogens is 380 g/mol. The Morgan fingerprint density at radius 3 is 2.71 bits per heavy atom. The van der Waals surface area contributed by atoms with Gasteiger partial charge in [-0.1, -0.05) is 22.0 Å². The molecule has 0 saturated heterocycles. The molecule has 3 aromatic rings. The molecule has 1 heterocycles. The molecule has 0 aliphatic rings. The SMILES string of the molecule is O=C(NCc1ccc(-n2ccnc2)c(F)c1)c1cc(F)cc(Br)c1. The highest BCUT2D eigenvalue weighted by atomic mass is 79.9. The second-order valence-corrected chi connectivity index (χ2v) is 6.01. The van der Waals surface area contributed by atoms with Crippen LogP contribution in [0, 0.1) is 11.6 Å². The number of hydrogen-bond donors (Lipinski definition) is 1. The van der Waals surface area contributed by atoms with E-state index in [1.165, 1.54) is 24.5 Å². The number of amides is 1. The molecule has 0 fully saturated rings. The van der Waals surface area contributed by atoms with Crippen LogP contribution in [0.3, 0.4) is 0 Å². The van der Waals surface area contributed by atoms with E-state index in [9.17, 15) is 13.6 Å². The van der Waals surface area contributed by atoms with Crippen molar-refractivity contribution in [1.82, 2.24) is 14.9 Å². The van der Waals surface area contributed by atoms with Gasteiger partial charge in [-0.25, -0.2) is 13.8 Å². The first kappa shape index (κ1) is 16.3. The van der Waals surface area contributed by atoms with Crippen molar-refractivity contribution in [3.63, 3.8) is 0 Å². The van der Waals surface area contributed by atoms with Gasteiger partial charge in [0.15, 0.2) is 0 Å². The van der Waals surface area contributed by atoms with Gasteiger partial charge in [-0.05, 0) is 35.9 Å². The lowest BCUT2D eigenvalue weighted by Crippen LogP contribution is -2.23. The third-order valence-corrected chi connectivity index (χ3v) is 3.83. The van der Waals surface area contributed by atoms with Crippen molar-refractivity contribution in [2.45, 2.75) is 6.54 Å². The van der Waals surface area contributed by atoms with E-state index in [1.54, 1.807) is 29.1 Å². The molecule has 3 rings (SSSR count). The van der Waals surface area contributed by atoms with Crippen molar-refractivity contribution < 1.29 is 13.6 Å². The van der Waals surface area contributed by atoms with E-state index in [2.05, 4.69) is 26.2 Å². The van der Waals surface area contributed by atoms with E-state index >= 15 is 0 Å². The molecule has 0 saturated carbocycles. The number of aromatic nitrogens is 2. The predicted molar refractivity (Wildman–Crippen MR) is 88.8 cm³/mol. The average molecular weight is 392 g/mol. The fourth-order valence-electron chi connectivity index (χ4n) is 2.24. The maximum Gasteiger partial charge on any atom is 0.251 e. The van der Waals surface area contributed by atoms with Crippen molar-refractivity contribution in [2.24, 2.45) is 0 Å². The Balaban J connectivity index is 1.70. The second kappa shape index (κ2) is 6.92. The largest absolute Gasteiger partial charge is 0.348 e. The number of carbonyl (C=O) groups excluding carboxylic acids is 1. The summed E-state index contributed by atoms with van der Waals surface area (Å²) < 4.78 is 29.5. The summed E-state index contributed by atoms with van der Waals surface area (Å²) in [4.78, 5) is 15.9. The lowest BCUT2D eigenvalue weighted by molar-refractivity contribution is 0.0950. The molecular formula is C17H12BrF2N3O. The number of imidazole rings is 1. The third kappa shape index (κ3) is 3.68. The van der Waals surface area contributed by atoms with Crippen LogP contribution in [0.15, 0.2) is 59.6 Å². The summed E-state index contributed by atoms with van der Waals surface area (Å²) in [6.07, 6.45) is 4.70. The Labute approximate surface area is 145 Å². The first-order chi connectivity index (χ1) is 11.5. The number of halogens is 3. The minimum atomic E-state index is -0.509. The molecule has 2 aromatic carbocycles. The van der Waals surface area contributed by atoms with E-state index in [1.807, 2.05) is 0 Å². The Bertz CT molecular complexity index is 861. The molecule has 1 amide bonds. The molecule has 24 heavy (non-hydrogen) atoms. The van der Waals surface area contributed by atoms with Crippen molar-refractivity contribution in [2.75, 3.05) is 0 Å². The average Bonchev–Trinajstić information content (AvgIpc) is 3.06. The minimum absolute atomic E-state index is 0.133. The quantitative estimate of drug-likeness (QED) is 0.734. The molecule has 4 nitrogen and oxygen atoms in total. The number of benzene rings is 2. The number of hydrogen-bond acceptors (Lipinski definition) is 2. The van der Waals surface area contributed by atoms with E-state index in [4.69, 9.17) is 0 Å². The molecule has 1 N–H and O–H groups in total. The zero-order valence-electron chi connectivity index (χ0n) is 12.3. The van der Waals surface area contributed by atoms with Crippen LogP contribution in [0.2, 0.25) is 0 Å². The van der Waals surface area contributed by atoms with E-state index in [0.717, 1.165) is 6.07 Å². The lowest BCUT2D eigenvalue weighted by atomic mass is 10.1. The highest BCUT2D eigenvalue weighted by Crippen LogP contribution is 2.16. The topological polar surface area (TPSA) is 46.9 Å². The summed E-state index contributed by atoms with van der Waals surface area (Å²) in [5, 5.41) is 2.64. The standard InChI is InChI=1S/C17H12BrF2N3O/c18-13-6-12(7-14(19)8-13)17(24)22-9-11-1-2-16(15(20)5-11)23-4-3-21-10-23/h1-8,10H,9H2,(H,22,24). The molecule has 0 radical (unpaired) electrons. The Kier molecular flexibility index (Phi) is 4.71. The van der Waals surface area contributed by atoms with E-state index < -0.39 is 17.5 Å². The van der Waals surface area contributed by atoms with Crippen LogP contribution in [0.4, 0.5) is 8.78 Å². The van der Waals surface area contributed by atoms with E-state index in [0.29, 0.717) is 15.7 Å². The van der Waals surface area contributed by atoms with Gasteiger partial charge >= 0.3 is 0 Å². The van der Waals surface area contributed by atoms with Crippen molar-refractivity contribution in [3.8, 4) is 5.69 Å². The van der Waals surface area contributed by atoms with Crippen LogP contribution in [-0.2, 0) is 6.54 Å². The fraction of sp³-hybridized carbons (Fsp3) is 0.0588. The van der Waals surface area contributed by atoms with Crippen LogP contribution >= 0.6 is 15.9 Å². The predicted octanol–water partition coefficient (Wildman–Crippen LogP) is 3.84. The van der Waals surface area contributed by atoms with Gasteiger partial charge in [0.25, 0.3) is 5.91 Å². The number of nitrogens with one attached hydrogen (secondary N) is 1. The third-order valence-electron chi connectivity index (χ3n) is 3.37. The number of rotatable bonds is 4. The Morgan fingerprint density at radius 2 is 2.04 bits per heavy atom. The summed E-state index contributed by atoms with van der Waals surface area (Å²) in [5.74, 6) is -1.37. The zero-order valence-corrected chi connectivity index (χ0v) is 13.9. The number of carbonyl (C=O) groups is 1. The molecule has 0 bridgehead atoms. The normalized spacial score (nSPS) is 10.6. The lowest BCUT2D eigenvalue weighted by Gasteiger charge is -2.09. The van der Waals surface area contributed by atoms with Gasteiger partial charge in [-0.2, -0.15) is 0 Å². The highest BCUT2D eigenvalue weighted by Gasteiger charge is 2.10. The van der Waals surface area contributed by atoms with Gasteiger partial charge in [0.05, 0.1) is 12.0 Å². The van der Waals surface area contributed by atoms with E-state index in [-0.39, 0.29) is 12.1 Å².